The van der Waals surface area contributed by atoms with E-state index in [1.807, 2.05) is 0 Å². The number of rotatable bonds is 2. The third-order valence-electron chi connectivity index (χ3n) is 7.32. The van der Waals surface area contributed by atoms with Crippen LogP contribution in [0.1, 0.15) is 12.5 Å². The number of hydrogen-bond acceptors (Lipinski definition) is 18. The summed E-state index contributed by atoms with van der Waals surface area (Å²) in [6.45, 7) is -9.90. The van der Waals surface area contributed by atoms with E-state index in [2.05, 4.69) is 54.5 Å². The van der Waals surface area contributed by atoms with Gasteiger partial charge in [0.25, 0.3) is 5.56 Å². The number of aliphatic hydroxyl groups is 2. The van der Waals surface area contributed by atoms with Crippen molar-refractivity contribution < 1.29 is 46.9 Å². The van der Waals surface area contributed by atoms with Crippen LogP contribution >= 0.6 is 38.1 Å². The molecule has 10 atom stereocenters. The second-order valence-corrected chi connectivity index (χ2v) is 15.9. The van der Waals surface area contributed by atoms with Gasteiger partial charge < -0.3 is 31.2 Å². The van der Waals surface area contributed by atoms with Crippen molar-refractivity contribution in [1.29, 1.82) is 0 Å². The number of aromatic amines is 1. The van der Waals surface area contributed by atoms with Gasteiger partial charge in [0.15, 0.2) is 29.6 Å². The van der Waals surface area contributed by atoms with Crippen LogP contribution in [0.3, 0.4) is 0 Å². The number of fused-ring (bicyclic) bond motifs is 5. The fraction of sp³-hybridized carbons (Fsp3) is 0.500. The van der Waals surface area contributed by atoms with Gasteiger partial charge in [0.1, 0.15) is 53.9 Å². The van der Waals surface area contributed by atoms with Crippen molar-refractivity contribution in [2.75, 3.05) is 24.7 Å². The van der Waals surface area contributed by atoms with Crippen molar-refractivity contribution in [2.24, 2.45) is 0 Å². The molecule has 0 spiro atoms. The Balaban J connectivity index is 1.21. The van der Waals surface area contributed by atoms with Gasteiger partial charge in [-0.1, -0.05) is 24.5 Å². The van der Waals surface area contributed by atoms with Gasteiger partial charge in [-0.2, -0.15) is 10.1 Å². The summed E-state index contributed by atoms with van der Waals surface area (Å²) in [5.74, 6) is -0.142. The van der Waals surface area contributed by atoms with Crippen LogP contribution < -0.4 is 17.0 Å². The molecule has 0 aromatic carbocycles. The second-order valence-electron chi connectivity index (χ2n) is 10.1. The summed E-state index contributed by atoms with van der Waals surface area (Å²) in [5.41, 5.74) is 11.4. The van der Waals surface area contributed by atoms with E-state index >= 15 is 0 Å². The predicted molar refractivity (Wildman–Crippen MR) is 157 cm³/mol. The van der Waals surface area contributed by atoms with Crippen LogP contribution in [-0.4, -0.2) is 99.3 Å². The highest BCUT2D eigenvalue weighted by Crippen LogP contribution is 2.60. The number of aliphatic hydroxyl groups excluding tert-OH is 2. The minimum absolute atomic E-state index is 0.0334. The first-order chi connectivity index (χ1) is 21.3. The molecule has 4 aromatic rings. The molecule has 21 nitrogen and oxygen atoms in total. The summed E-state index contributed by atoms with van der Waals surface area (Å²) in [4.78, 5) is 30.9. The van der Waals surface area contributed by atoms with Crippen molar-refractivity contribution in [3.05, 3.63) is 29.2 Å². The number of aromatic nitrogens is 8. The molecular formula is C20H24N10O11P2S2. The van der Waals surface area contributed by atoms with Crippen molar-refractivity contribution in [2.45, 2.75) is 49.1 Å². The lowest BCUT2D eigenvalue weighted by molar-refractivity contribution is -0.0608. The molecule has 3 saturated heterocycles. The van der Waals surface area contributed by atoms with Gasteiger partial charge in [-0.25, -0.2) is 28.8 Å². The maximum absolute atomic E-state index is 13.5. The van der Waals surface area contributed by atoms with Gasteiger partial charge in [-0.05, 0) is 0 Å². The number of anilines is 2. The van der Waals surface area contributed by atoms with E-state index in [9.17, 15) is 24.1 Å². The zero-order valence-corrected chi connectivity index (χ0v) is 26.0. The van der Waals surface area contributed by atoms with E-state index in [1.165, 1.54) is 23.4 Å². The van der Waals surface area contributed by atoms with Gasteiger partial charge in [-0.15, -0.1) is 0 Å². The van der Waals surface area contributed by atoms with Gasteiger partial charge in [-0.3, -0.25) is 32.4 Å². The largest absolute Gasteiger partial charge is 0.387 e. The van der Waals surface area contributed by atoms with Gasteiger partial charge in [0.05, 0.1) is 25.7 Å². The zero-order valence-electron chi connectivity index (χ0n) is 22.4. The van der Waals surface area contributed by atoms with Crippen molar-refractivity contribution in [3.8, 4) is 0 Å². The average molecular weight is 707 g/mol. The average Bonchev–Trinajstić information content (AvgIpc) is 3.72. The Morgan fingerprint density at radius 2 is 1.62 bits per heavy atom. The number of nitrogens with zero attached hydrogens (tertiary/aromatic N) is 7. The molecule has 0 amide bonds. The molecule has 7 heterocycles. The smallest absolute Gasteiger partial charge is 0.386 e. The molecule has 3 aliphatic rings. The van der Waals surface area contributed by atoms with Crippen LogP contribution in [0.5, 0.6) is 0 Å². The number of hydrogen-bond donors (Lipinski definition) is 7. The minimum Gasteiger partial charge on any atom is -0.387 e. The molecule has 0 saturated carbocycles. The van der Waals surface area contributed by atoms with E-state index in [-0.39, 0.29) is 34.0 Å². The minimum atomic E-state index is -4.38. The number of H-pyrrole nitrogens is 1. The van der Waals surface area contributed by atoms with Crippen LogP contribution in [0.25, 0.3) is 22.2 Å². The number of thiol groups is 2. The Hall–Kier alpha value is -2.66. The Morgan fingerprint density at radius 3 is 2.38 bits per heavy atom. The molecule has 2 bridgehead atoms. The molecule has 7 N–H and O–H groups in total. The predicted octanol–water partition coefficient (Wildman–Crippen LogP) is -0.467. The highest BCUT2D eigenvalue weighted by Gasteiger charge is 2.53. The highest BCUT2D eigenvalue weighted by molar-refractivity contribution is 8.44. The molecule has 3 fully saturated rings. The molecule has 3 aliphatic heterocycles. The number of imidazole rings is 1. The number of nitrogens with two attached hydrogens (primary N) is 2. The Morgan fingerprint density at radius 1 is 0.933 bits per heavy atom. The van der Waals surface area contributed by atoms with E-state index in [1.54, 1.807) is 0 Å². The quantitative estimate of drug-likeness (QED) is 0.102. The fourth-order valence-electron chi connectivity index (χ4n) is 5.28. The molecule has 45 heavy (non-hydrogen) atoms. The van der Waals surface area contributed by atoms with Gasteiger partial charge >= 0.3 is 13.6 Å². The third-order valence-corrected chi connectivity index (χ3v) is 10.5. The van der Waals surface area contributed by atoms with Gasteiger partial charge in [0, 0.05) is 0 Å². The second kappa shape index (κ2) is 11.2. The van der Waals surface area contributed by atoms with Crippen LogP contribution in [0.15, 0.2) is 23.6 Å². The molecule has 0 radical (unpaired) electrons. The molecule has 7 rings (SSSR count). The first-order valence-electron chi connectivity index (χ1n) is 13.0. The summed E-state index contributed by atoms with van der Waals surface area (Å²) in [7, 11) is 0. The van der Waals surface area contributed by atoms with E-state index in [0.717, 1.165) is 4.68 Å². The van der Waals surface area contributed by atoms with Crippen molar-refractivity contribution >= 4 is 72.1 Å². The Kier molecular flexibility index (Phi) is 7.74. The van der Waals surface area contributed by atoms with E-state index in [0.29, 0.717) is 0 Å². The molecule has 4 aromatic heterocycles. The standard InChI is InChI=1S/C20H24N10O11P2S2/c21-14-9-16(24-4-23-14)29(5-25-9)18-11(32)12-8(39-18)3-37-43(35,45)41-13-10(31)7(2-36-42(34,44)40-12)38-19(13)30-15-6(1-26-30)17(33)28-20(22)27-15/h1,4-5,7-8,10-13,18-19,31-32H,2-3H2,(H,34,44)(H,35,45)(H2,21,23,24)(H3,22,27,28,33)/t7-,8-,10?,11?,12?,13?,18?,19-,42?,43?/m1/s1. The summed E-state index contributed by atoms with van der Waals surface area (Å²) in [6, 6.07) is 0. The van der Waals surface area contributed by atoms with Crippen molar-refractivity contribution in [1.82, 2.24) is 39.3 Å². The topological polar surface area (TPSA) is 289 Å². The van der Waals surface area contributed by atoms with Crippen LogP contribution in [0.4, 0.5) is 11.8 Å². The first kappa shape index (κ1) is 31.0. The summed E-state index contributed by atoms with van der Waals surface area (Å²) < 4.78 is 63.5. The number of ether oxygens (including phenoxy) is 2. The maximum Gasteiger partial charge on any atom is 0.386 e. The molecular weight excluding hydrogens is 682 g/mol. The van der Waals surface area contributed by atoms with Crippen LogP contribution in [0, 0.1) is 0 Å². The Bertz CT molecular complexity index is 1940. The lowest BCUT2D eigenvalue weighted by atomic mass is 10.1. The molecule has 25 heteroatoms. The van der Waals surface area contributed by atoms with Crippen LogP contribution in [0.2, 0.25) is 0 Å². The number of nitrogens with one attached hydrogen (secondary N) is 1. The number of nitrogen functional groups attached to an aromatic ring is 2. The van der Waals surface area contributed by atoms with Gasteiger partial charge in [0.2, 0.25) is 5.95 Å². The highest BCUT2D eigenvalue weighted by atomic mass is 32.7. The monoisotopic (exact) mass is 706 g/mol. The van der Waals surface area contributed by atoms with Crippen LogP contribution in [-0.2, 0) is 36.7 Å². The lowest BCUT2D eigenvalue weighted by Crippen LogP contribution is -2.35. The van der Waals surface area contributed by atoms with Crippen molar-refractivity contribution in [3.63, 3.8) is 0 Å². The normalized spacial score (nSPS) is 37.7. The fourth-order valence-corrected chi connectivity index (χ4v) is 8.23. The third kappa shape index (κ3) is 5.55. The van der Waals surface area contributed by atoms with E-state index in [4.69, 9.17) is 39.0 Å². The molecule has 0 aliphatic carbocycles. The SMILES string of the molecule is Nc1nc2c(cnn2[C@@H]2O[C@@H]3COP(=O)(S)OC4C(O)C(n5cnc6c(N)ncnc65)O[C@@H]4COP(=O)(S)OC2C3O)c(=O)[nH]1. The summed E-state index contributed by atoms with van der Waals surface area (Å²) in [5, 5.41) is 26.5. The van der Waals surface area contributed by atoms with E-state index < -0.39 is 81.4 Å². The summed E-state index contributed by atoms with van der Waals surface area (Å²) in [6.07, 6.45) is -7.54. The first-order valence-corrected chi connectivity index (χ1v) is 18.4. The zero-order chi connectivity index (χ0) is 31.8. The Labute approximate surface area is 260 Å². The molecule has 7 unspecified atom stereocenters. The lowest BCUT2D eigenvalue weighted by Gasteiger charge is -2.26. The maximum atomic E-state index is 13.5. The summed E-state index contributed by atoms with van der Waals surface area (Å²) >= 11 is 8.11. The molecule has 242 valence electrons.